The van der Waals surface area contributed by atoms with Gasteiger partial charge in [-0.2, -0.15) is 0 Å². The van der Waals surface area contributed by atoms with E-state index < -0.39 is 6.10 Å². The molecule has 0 aromatic heterocycles. The van der Waals surface area contributed by atoms with E-state index in [0.29, 0.717) is 17.0 Å². The standard InChI is InChI=1S/C11H15NO3S/c1-15-11(14)7-16-6-10(13)8-4-2-3-5-9(8)12/h2-5,10,13H,6-7,12H2,1H3. The molecule has 0 bridgehead atoms. The largest absolute Gasteiger partial charge is 0.468 e. The molecular weight excluding hydrogens is 226 g/mol. The summed E-state index contributed by atoms with van der Waals surface area (Å²) >= 11 is 1.32. The van der Waals surface area contributed by atoms with Crippen LogP contribution in [0.5, 0.6) is 0 Å². The summed E-state index contributed by atoms with van der Waals surface area (Å²) in [6.07, 6.45) is -0.657. The fourth-order valence-corrected chi connectivity index (χ4v) is 2.02. The molecule has 16 heavy (non-hydrogen) atoms. The van der Waals surface area contributed by atoms with Gasteiger partial charge < -0.3 is 15.6 Å². The highest BCUT2D eigenvalue weighted by Gasteiger charge is 2.11. The molecule has 1 aromatic carbocycles. The van der Waals surface area contributed by atoms with Crippen molar-refractivity contribution in [3.8, 4) is 0 Å². The summed E-state index contributed by atoms with van der Waals surface area (Å²) in [4.78, 5) is 10.8. The van der Waals surface area contributed by atoms with Crippen molar-refractivity contribution in [2.75, 3.05) is 24.3 Å². The Labute approximate surface area is 98.8 Å². The van der Waals surface area contributed by atoms with E-state index in [1.54, 1.807) is 12.1 Å². The second-order valence-electron chi connectivity index (χ2n) is 3.24. The Hall–Kier alpha value is -1.20. The molecule has 0 fully saturated rings. The number of aliphatic hydroxyl groups excluding tert-OH is 1. The van der Waals surface area contributed by atoms with Crippen molar-refractivity contribution in [2.24, 2.45) is 0 Å². The third kappa shape index (κ3) is 3.75. The predicted molar refractivity (Wildman–Crippen MR) is 65.2 cm³/mol. The maximum absolute atomic E-state index is 10.8. The Morgan fingerprint density at radius 1 is 1.56 bits per heavy atom. The molecule has 0 radical (unpaired) electrons. The molecule has 5 heteroatoms. The van der Waals surface area contributed by atoms with Gasteiger partial charge in [-0.15, -0.1) is 11.8 Å². The van der Waals surface area contributed by atoms with Crippen LogP contribution in [0.1, 0.15) is 11.7 Å². The van der Waals surface area contributed by atoms with Gasteiger partial charge in [-0.25, -0.2) is 0 Å². The van der Waals surface area contributed by atoms with Gasteiger partial charge in [0.2, 0.25) is 0 Å². The minimum Gasteiger partial charge on any atom is -0.468 e. The Morgan fingerprint density at radius 3 is 2.88 bits per heavy atom. The summed E-state index contributed by atoms with van der Waals surface area (Å²) in [5, 5.41) is 9.83. The monoisotopic (exact) mass is 241 g/mol. The number of nitrogen functional groups attached to an aromatic ring is 1. The van der Waals surface area contributed by atoms with Crippen LogP contribution in [-0.2, 0) is 9.53 Å². The van der Waals surface area contributed by atoms with Crippen molar-refractivity contribution in [2.45, 2.75) is 6.10 Å². The molecule has 0 aliphatic heterocycles. The quantitative estimate of drug-likeness (QED) is 0.599. The number of carbonyl (C=O) groups excluding carboxylic acids is 1. The summed E-state index contributed by atoms with van der Waals surface area (Å²) in [6, 6.07) is 7.15. The van der Waals surface area contributed by atoms with Gasteiger partial charge in [-0.3, -0.25) is 4.79 Å². The number of para-hydroxylation sites is 1. The maximum Gasteiger partial charge on any atom is 0.315 e. The highest BCUT2D eigenvalue weighted by Crippen LogP contribution is 2.23. The molecule has 0 aliphatic carbocycles. The van der Waals surface area contributed by atoms with Crippen LogP contribution in [0.15, 0.2) is 24.3 Å². The first-order valence-electron chi connectivity index (χ1n) is 4.82. The predicted octanol–water partition coefficient (Wildman–Crippen LogP) is 1.21. The summed E-state index contributed by atoms with van der Waals surface area (Å²) < 4.78 is 4.50. The lowest BCUT2D eigenvalue weighted by Gasteiger charge is -2.12. The van der Waals surface area contributed by atoms with Gasteiger partial charge >= 0.3 is 5.97 Å². The molecule has 1 rings (SSSR count). The first kappa shape index (κ1) is 12.9. The lowest BCUT2D eigenvalue weighted by molar-refractivity contribution is -0.137. The van der Waals surface area contributed by atoms with Crippen LogP contribution in [0, 0.1) is 0 Å². The van der Waals surface area contributed by atoms with Gasteiger partial charge in [-0.1, -0.05) is 18.2 Å². The van der Waals surface area contributed by atoms with Crippen LogP contribution in [0.25, 0.3) is 0 Å². The van der Waals surface area contributed by atoms with E-state index in [4.69, 9.17) is 5.73 Å². The van der Waals surface area contributed by atoms with E-state index in [1.807, 2.05) is 12.1 Å². The summed E-state index contributed by atoms with van der Waals surface area (Å²) in [7, 11) is 1.34. The molecular formula is C11H15NO3S. The van der Waals surface area contributed by atoms with Crippen molar-refractivity contribution < 1.29 is 14.6 Å². The molecule has 4 nitrogen and oxygen atoms in total. The number of aliphatic hydroxyl groups is 1. The van der Waals surface area contributed by atoms with E-state index in [2.05, 4.69) is 4.74 Å². The second-order valence-corrected chi connectivity index (χ2v) is 4.27. The number of thioether (sulfide) groups is 1. The highest BCUT2D eigenvalue weighted by molar-refractivity contribution is 7.99. The minimum absolute atomic E-state index is 0.236. The van der Waals surface area contributed by atoms with Gasteiger partial charge in [0.1, 0.15) is 0 Å². The number of methoxy groups -OCH3 is 1. The minimum atomic E-state index is -0.657. The number of nitrogens with two attached hydrogens (primary N) is 1. The lowest BCUT2D eigenvalue weighted by atomic mass is 10.1. The molecule has 0 aliphatic rings. The van der Waals surface area contributed by atoms with E-state index in [0.717, 1.165) is 0 Å². The Morgan fingerprint density at radius 2 is 2.25 bits per heavy atom. The molecule has 0 spiro atoms. The van der Waals surface area contributed by atoms with Crippen molar-refractivity contribution in [1.82, 2.24) is 0 Å². The number of hydrogen-bond donors (Lipinski definition) is 2. The molecule has 0 amide bonds. The zero-order valence-electron chi connectivity index (χ0n) is 9.05. The van der Waals surface area contributed by atoms with Crippen molar-refractivity contribution in [3.05, 3.63) is 29.8 Å². The van der Waals surface area contributed by atoms with E-state index in [1.165, 1.54) is 18.9 Å². The molecule has 0 saturated carbocycles. The molecule has 0 heterocycles. The average molecular weight is 241 g/mol. The zero-order chi connectivity index (χ0) is 12.0. The number of rotatable bonds is 5. The molecule has 1 atom stereocenters. The number of carbonyl (C=O) groups is 1. The molecule has 0 saturated heterocycles. The number of esters is 1. The third-order valence-electron chi connectivity index (χ3n) is 2.08. The van der Waals surface area contributed by atoms with Crippen molar-refractivity contribution >= 4 is 23.4 Å². The highest BCUT2D eigenvalue weighted by atomic mass is 32.2. The molecule has 1 unspecified atom stereocenters. The number of anilines is 1. The Balaban J connectivity index is 2.44. The van der Waals surface area contributed by atoms with Crippen LogP contribution in [0.2, 0.25) is 0 Å². The fourth-order valence-electron chi connectivity index (χ4n) is 1.22. The first-order chi connectivity index (χ1) is 7.65. The summed E-state index contributed by atoms with van der Waals surface area (Å²) in [6.45, 7) is 0. The lowest BCUT2D eigenvalue weighted by Crippen LogP contribution is -2.08. The second kappa shape index (κ2) is 6.40. The van der Waals surface area contributed by atoms with Crippen molar-refractivity contribution in [1.29, 1.82) is 0 Å². The molecule has 88 valence electrons. The van der Waals surface area contributed by atoms with Crippen LogP contribution in [0.4, 0.5) is 5.69 Å². The smallest absolute Gasteiger partial charge is 0.315 e. The number of hydrogen-bond acceptors (Lipinski definition) is 5. The SMILES string of the molecule is COC(=O)CSCC(O)c1ccccc1N. The van der Waals surface area contributed by atoms with E-state index >= 15 is 0 Å². The van der Waals surface area contributed by atoms with Crippen LogP contribution < -0.4 is 5.73 Å². The summed E-state index contributed by atoms with van der Waals surface area (Å²) in [5.41, 5.74) is 6.98. The van der Waals surface area contributed by atoms with Crippen LogP contribution in [0.3, 0.4) is 0 Å². The van der Waals surface area contributed by atoms with E-state index in [-0.39, 0.29) is 11.7 Å². The van der Waals surface area contributed by atoms with Crippen LogP contribution >= 0.6 is 11.8 Å². The fraction of sp³-hybridized carbons (Fsp3) is 0.364. The Kier molecular flexibility index (Phi) is 5.14. The van der Waals surface area contributed by atoms with Gasteiger partial charge in [0.25, 0.3) is 0 Å². The van der Waals surface area contributed by atoms with Gasteiger partial charge in [0, 0.05) is 17.0 Å². The normalized spacial score (nSPS) is 12.1. The van der Waals surface area contributed by atoms with Gasteiger partial charge in [0.05, 0.1) is 19.0 Å². The first-order valence-corrected chi connectivity index (χ1v) is 5.97. The van der Waals surface area contributed by atoms with Crippen LogP contribution in [-0.4, -0.2) is 29.7 Å². The maximum atomic E-state index is 10.8. The van der Waals surface area contributed by atoms with E-state index in [9.17, 15) is 9.90 Å². The Bertz CT molecular complexity index is 357. The van der Waals surface area contributed by atoms with Gasteiger partial charge in [0.15, 0.2) is 0 Å². The molecule has 1 aromatic rings. The number of ether oxygens (including phenoxy) is 1. The van der Waals surface area contributed by atoms with Gasteiger partial charge in [-0.05, 0) is 6.07 Å². The molecule has 3 N–H and O–H groups in total. The summed E-state index contributed by atoms with van der Waals surface area (Å²) in [5.74, 6) is 0.363. The zero-order valence-corrected chi connectivity index (χ0v) is 9.87. The average Bonchev–Trinajstić information content (AvgIpc) is 2.29. The van der Waals surface area contributed by atoms with Crippen molar-refractivity contribution in [3.63, 3.8) is 0 Å². The third-order valence-corrected chi connectivity index (χ3v) is 3.07. The number of benzene rings is 1. The topological polar surface area (TPSA) is 72.5 Å².